The van der Waals surface area contributed by atoms with Gasteiger partial charge in [0.25, 0.3) is 0 Å². The van der Waals surface area contributed by atoms with Crippen molar-refractivity contribution in [3.8, 4) is 5.75 Å². The number of amides is 1. The number of benzene rings is 1. The van der Waals surface area contributed by atoms with E-state index in [9.17, 15) is 4.79 Å². The molecule has 1 aromatic rings. The Balaban J connectivity index is 2.07. The second-order valence-corrected chi connectivity index (χ2v) is 6.20. The molecular formula is C17H26N2O2. The fraction of sp³-hybridized carbons (Fsp3) is 0.588. The Morgan fingerprint density at radius 3 is 2.43 bits per heavy atom. The third kappa shape index (κ3) is 4.21. The number of methoxy groups -OCH3 is 1. The van der Waals surface area contributed by atoms with E-state index in [2.05, 4.69) is 5.32 Å². The molecule has 1 amide bonds. The van der Waals surface area contributed by atoms with Gasteiger partial charge in [0.05, 0.1) is 12.6 Å². The van der Waals surface area contributed by atoms with Crippen LogP contribution in [0, 0.1) is 0 Å². The molecule has 0 radical (unpaired) electrons. The van der Waals surface area contributed by atoms with Gasteiger partial charge in [-0.25, -0.2) is 0 Å². The molecule has 2 rings (SSSR count). The van der Waals surface area contributed by atoms with Gasteiger partial charge in [0.15, 0.2) is 0 Å². The van der Waals surface area contributed by atoms with Crippen molar-refractivity contribution >= 4 is 5.91 Å². The van der Waals surface area contributed by atoms with Crippen LogP contribution in [0.25, 0.3) is 0 Å². The fourth-order valence-electron chi connectivity index (χ4n) is 3.06. The first-order chi connectivity index (χ1) is 10.0. The molecule has 0 spiro atoms. The summed E-state index contributed by atoms with van der Waals surface area (Å²) in [6, 6.07) is 8.20. The van der Waals surface area contributed by atoms with Crippen molar-refractivity contribution in [1.29, 1.82) is 0 Å². The Morgan fingerprint density at radius 1 is 1.29 bits per heavy atom. The number of primary amides is 1. The standard InChI is InChI=1S/C17H26N2O2/c1-17(16(18)20,19-14-6-4-3-5-7-14)12-13-8-10-15(21-2)11-9-13/h8-11,14,19H,3-7,12H2,1-2H3,(H2,18,20). The monoisotopic (exact) mass is 290 g/mol. The zero-order valence-corrected chi connectivity index (χ0v) is 13.0. The highest BCUT2D eigenvalue weighted by atomic mass is 16.5. The van der Waals surface area contributed by atoms with Gasteiger partial charge >= 0.3 is 0 Å². The molecule has 1 aromatic carbocycles. The maximum Gasteiger partial charge on any atom is 0.237 e. The molecule has 0 heterocycles. The molecule has 4 heteroatoms. The average molecular weight is 290 g/mol. The van der Waals surface area contributed by atoms with E-state index >= 15 is 0 Å². The fourth-order valence-corrected chi connectivity index (χ4v) is 3.06. The Hall–Kier alpha value is -1.55. The first-order valence-corrected chi connectivity index (χ1v) is 7.74. The SMILES string of the molecule is COc1ccc(CC(C)(NC2CCCCC2)C(N)=O)cc1. The lowest BCUT2D eigenvalue weighted by molar-refractivity contribution is -0.124. The molecule has 0 aliphatic heterocycles. The van der Waals surface area contributed by atoms with Gasteiger partial charge in [0.2, 0.25) is 5.91 Å². The van der Waals surface area contributed by atoms with Gasteiger partial charge in [-0.2, -0.15) is 0 Å². The number of carbonyl (C=O) groups excluding carboxylic acids is 1. The van der Waals surface area contributed by atoms with E-state index in [0.29, 0.717) is 12.5 Å². The molecule has 1 unspecified atom stereocenters. The van der Waals surface area contributed by atoms with Crippen molar-refractivity contribution in [2.75, 3.05) is 7.11 Å². The van der Waals surface area contributed by atoms with Crippen LogP contribution in [0.4, 0.5) is 0 Å². The number of ether oxygens (including phenoxy) is 1. The van der Waals surface area contributed by atoms with Crippen molar-refractivity contribution in [3.63, 3.8) is 0 Å². The minimum absolute atomic E-state index is 0.288. The van der Waals surface area contributed by atoms with E-state index in [1.165, 1.54) is 19.3 Å². The summed E-state index contributed by atoms with van der Waals surface area (Å²) >= 11 is 0. The number of rotatable bonds is 6. The predicted molar refractivity (Wildman–Crippen MR) is 84.3 cm³/mol. The zero-order valence-electron chi connectivity index (χ0n) is 13.0. The van der Waals surface area contributed by atoms with Crippen LogP contribution in [-0.2, 0) is 11.2 Å². The van der Waals surface area contributed by atoms with Crippen molar-refractivity contribution in [1.82, 2.24) is 5.32 Å². The summed E-state index contributed by atoms with van der Waals surface area (Å²) < 4.78 is 5.16. The predicted octanol–water partition coefficient (Wildman–Crippen LogP) is 2.40. The van der Waals surface area contributed by atoms with Gasteiger partial charge in [0.1, 0.15) is 5.75 Å². The summed E-state index contributed by atoms with van der Waals surface area (Å²) in [7, 11) is 1.65. The highest BCUT2D eigenvalue weighted by molar-refractivity contribution is 5.84. The lowest BCUT2D eigenvalue weighted by Gasteiger charge is -2.34. The van der Waals surface area contributed by atoms with Crippen LogP contribution in [0.5, 0.6) is 5.75 Å². The van der Waals surface area contributed by atoms with Crippen LogP contribution in [0.1, 0.15) is 44.6 Å². The number of hydrogen-bond acceptors (Lipinski definition) is 3. The van der Waals surface area contributed by atoms with Crippen molar-refractivity contribution < 1.29 is 9.53 Å². The molecule has 4 nitrogen and oxygen atoms in total. The molecule has 1 aliphatic rings. The van der Waals surface area contributed by atoms with Gasteiger partial charge in [-0.15, -0.1) is 0 Å². The second kappa shape index (κ2) is 6.94. The Morgan fingerprint density at radius 2 is 1.90 bits per heavy atom. The van der Waals surface area contributed by atoms with Crippen LogP contribution in [0.15, 0.2) is 24.3 Å². The molecular weight excluding hydrogens is 264 g/mol. The van der Waals surface area contributed by atoms with E-state index in [1.807, 2.05) is 31.2 Å². The third-order valence-corrected chi connectivity index (χ3v) is 4.39. The molecule has 1 aliphatic carbocycles. The highest BCUT2D eigenvalue weighted by Gasteiger charge is 2.33. The van der Waals surface area contributed by atoms with E-state index in [1.54, 1.807) is 7.11 Å². The van der Waals surface area contributed by atoms with Gasteiger partial charge in [-0.1, -0.05) is 31.4 Å². The molecule has 0 aromatic heterocycles. The van der Waals surface area contributed by atoms with Crippen molar-refractivity contribution in [2.45, 2.75) is 57.0 Å². The van der Waals surface area contributed by atoms with E-state index < -0.39 is 5.54 Å². The van der Waals surface area contributed by atoms with Crippen molar-refractivity contribution in [2.24, 2.45) is 5.73 Å². The van der Waals surface area contributed by atoms with E-state index in [-0.39, 0.29) is 5.91 Å². The molecule has 0 saturated heterocycles. The first kappa shape index (κ1) is 15.8. The molecule has 1 atom stereocenters. The third-order valence-electron chi connectivity index (χ3n) is 4.39. The van der Waals surface area contributed by atoms with Gasteiger partial charge < -0.3 is 15.8 Å². The number of nitrogens with one attached hydrogen (secondary N) is 1. The highest BCUT2D eigenvalue weighted by Crippen LogP contribution is 2.22. The Labute approximate surface area is 127 Å². The van der Waals surface area contributed by atoms with E-state index in [4.69, 9.17) is 10.5 Å². The minimum atomic E-state index is -0.698. The van der Waals surface area contributed by atoms with E-state index in [0.717, 1.165) is 24.2 Å². The first-order valence-electron chi connectivity index (χ1n) is 7.74. The lowest BCUT2D eigenvalue weighted by atomic mass is 9.87. The number of carbonyl (C=O) groups is 1. The van der Waals surface area contributed by atoms with Gasteiger partial charge in [0, 0.05) is 6.04 Å². The van der Waals surface area contributed by atoms with Crippen LogP contribution in [-0.4, -0.2) is 24.6 Å². The minimum Gasteiger partial charge on any atom is -0.497 e. The maximum absolute atomic E-state index is 12.0. The topological polar surface area (TPSA) is 64.3 Å². The Kier molecular flexibility index (Phi) is 5.23. The number of nitrogens with two attached hydrogens (primary N) is 1. The normalized spacial score (nSPS) is 19.0. The van der Waals surface area contributed by atoms with Gasteiger partial charge in [-0.3, -0.25) is 4.79 Å². The largest absolute Gasteiger partial charge is 0.497 e. The molecule has 1 fully saturated rings. The average Bonchev–Trinajstić information content (AvgIpc) is 2.49. The van der Waals surface area contributed by atoms with Crippen LogP contribution in [0.2, 0.25) is 0 Å². The Bertz CT molecular complexity index is 466. The van der Waals surface area contributed by atoms with Crippen LogP contribution < -0.4 is 15.8 Å². The summed E-state index contributed by atoms with van der Waals surface area (Å²) in [4.78, 5) is 12.0. The summed E-state index contributed by atoms with van der Waals surface area (Å²) in [5, 5.41) is 3.50. The number of hydrogen-bond donors (Lipinski definition) is 2. The second-order valence-electron chi connectivity index (χ2n) is 6.20. The smallest absolute Gasteiger partial charge is 0.237 e. The van der Waals surface area contributed by atoms with Gasteiger partial charge in [-0.05, 0) is 43.9 Å². The lowest BCUT2D eigenvalue weighted by Crippen LogP contribution is -2.58. The van der Waals surface area contributed by atoms with Crippen LogP contribution >= 0.6 is 0 Å². The molecule has 21 heavy (non-hydrogen) atoms. The molecule has 0 bridgehead atoms. The summed E-state index contributed by atoms with van der Waals surface area (Å²) in [5.41, 5.74) is 6.05. The summed E-state index contributed by atoms with van der Waals surface area (Å²) in [6.07, 6.45) is 6.62. The van der Waals surface area contributed by atoms with Crippen LogP contribution in [0.3, 0.4) is 0 Å². The molecule has 3 N–H and O–H groups in total. The summed E-state index contributed by atoms with van der Waals surface area (Å²) in [5.74, 6) is 0.531. The van der Waals surface area contributed by atoms with Crippen molar-refractivity contribution in [3.05, 3.63) is 29.8 Å². The molecule has 116 valence electrons. The summed E-state index contributed by atoms with van der Waals surface area (Å²) in [6.45, 7) is 1.91. The zero-order chi connectivity index (χ0) is 15.3. The quantitative estimate of drug-likeness (QED) is 0.845. The maximum atomic E-state index is 12.0. The molecule has 1 saturated carbocycles.